The Morgan fingerprint density at radius 1 is 1.24 bits per heavy atom. The number of halogens is 2. The third-order valence-electron chi connectivity index (χ3n) is 2.91. The molecular formula is C16H12BrFN2O. The van der Waals surface area contributed by atoms with Gasteiger partial charge in [-0.25, -0.2) is 4.39 Å². The SMILES string of the molecule is N#CCC(=O)NC(c1cccc(F)c1)c1cccc(Br)c1. The lowest BCUT2D eigenvalue weighted by molar-refractivity contribution is -0.120. The molecule has 0 aliphatic heterocycles. The lowest BCUT2D eigenvalue weighted by Crippen LogP contribution is -2.28. The van der Waals surface area contributed by atoms with Crippen LogP contribution in [0.1, 0.15) is 23.6 Å². The zero-order valence-electron chi connectivity index (χ0n) is 11.0. The van der Waals surface area contributed by atoms with Crippen LogP contribution in [0.25, 0.3) is 0 Å². The van der Waals surface area contributed by atoms with Crippen molar-refractivity contribution < 1.29 is 9.18 Å². The summed E-state index contributed by atoms with van der Waals surface area (Å²) in [7, 11) is 0. The van der Waals surface area contributed by atoms with Gasteiger partial charge in [0.05, 0.1) is 12.1 Å². The molecule has 1 N–H and O–H groups in total. The van der Waals surface area contributed by atoms with Crippen LogP contribution in [0.2, 0.25) is 0 Å². The second-order valence-electron chi connectivity index (χ2n) is 4.45. The van der Waals surface area contributed by atoms with E-state index >= 15 is 0 Å². The lowest BCUT2D eigenvalue weighted by atomic mass is 9.98. The van der Waals surface area contributed by atoms with Crippen LogP contribution >= 0.6 is 15.9 Å². The number of hydrogen-bond acceptors (Lipinski definition) is 2. The van der Waals surface area contributed by atoms with Gasteiger partial charge >= 0.3 is 0 Å². The van der Waals surface area contributed by atoms with E-state index in [2.05, 4.69) is 21.2 Å². The number of nitrogens with one attached hydrogen (secondary N) is 1. The Kier molecular flexibility index (Phi) is 5.07. The van der Waals surface area contributed by atoms with Gasteiger partial charge in [0.2, 0.25) is 5.91 Å². The van der Waals surface area contributed by atoms with Crippen LogP contribution in [-0.2, 0) is 4.79 Å². The van der Waals surface area contributed by atoms with E-state index in [1.165, 1.54) is 12.1 Å². The second-order valence-corrected chi connectivity index (χ2v) is 5.36. The van der Waals surface area contributed by atoms with Gasteiger partial charge in [0.1, 0.15) is 12.2 Å². The molecule has 3 nitrogen and oxygen atoms in total. The van der Waals surface area contributed by atoms with E-state index in [9.17, 15) is 9.18 Å². The van der Waals surface area contributed by atoms with E-state index in [1.807, 2.05) is 24.3 Å². The molecule has 1 atom stereocenters. The Labute approximate surface area is 130 Å². The van der Waals surface area contributed by atoms with E-state index in [0.717, 1.165) is 10.0 Å². The Bertz CT molecular complexity index is 651. The van der Waals surface area contributed by atoms with Gasteiger partial charge in [-0.1, -0.05) is 40.2 Å². The van der Waals surface area contributed by atoms with Gasteiger partial charge < -0.3 is 5.32 Å². The van der Waals surface area contributed by atoms with Crippen molar-refractivity contribution in [3.63, 3.8) is 0 Å². The average molecular weight is 347 g/mol. The summed E-state index contributed by atoms with van der Waals surface area (Å²) in [5.74, 6) is -0.770. The molecule has 0 aromatic heterocycles. The highest BCUT2D eigenvalue weighted by Crippen LogP contribution is 2.25. The fraction of sp³-hybridized carbons (Fsp3) is 0.125. The Morgan fingerprint density at radius 2 is 1.90 bits per heavy atom. The summed E-state index contributed by atoms with van der Waals surface area (Å²) in [6, 6.07) is 14.7. The smallest absolute Gasteiger partial charge is 0.234 e. The predicted molar refractivity (Wildman–Crippen MR) is 80.8 cm³/mol. The van der Waals surface area contributed by atoms with Crippen LogP contribution in [0.15, 0.2) is 53.0 Å². The first-order chi connectivity index (χ1) is 10.1. The molecular weight excluding hydrogens is 335 g/mol. The zero-order chi connectivity index (χ0) is 15.2. The maximum atomic E-state index is 13.4. The van der Waals surface area contributed by atoms with Gasteiger partial charge in [-0.3, -0.25) is 4.79 Å². The highest BCUT2D eigenvalue weighted by Gasteiger charge is 2.17. The standard InChI is InChI=1S/C16H12BrFN2O/c17-13-5-1-3-11(9-13)16(20-15(21)7-8-19)12-4-2-6-14(18)10-12/h1-6,9-10,16H,7H2,(H,20,21). The molecule has 2 aromatic rings. The quantitative estimate of drug-likeness (QED) is 0.917. The van der Waals surface area contributed by atoms with Gasteiger partial charge in [-0.15, -0.1) is 0 Å². The number of carbonyl (C=O) groups is 1. The molecule has 0 saturated carbocycles. The Morgan fingerprint density at radius 3 is 2.52 bits per heavy atom. The monoisotopic (exact) mass is 346 g/mol. The van der Waals surface area contributed by atoms with Crippen molar-refractivity contribution in [1.82, 2.24) is 5.32 Å². The van der Waals surface area contributed by atoms with Gasteiger partial charge in [-0.05, 0) is 35.4 Å². The van der Waals surface area contributed by atoms with E-state index in [-0.39, 0.29) is 12.2 Å². The minimum Gasteiger partial charge on any atom is -0.344 e. The highest BCUT2D eigenvalue weighted by atomic mass is 79.9. The molecule has 0 saturated heterocycles. The van der Waals surface area contributed by atoms with Crippen LogP contribution in [-0.4, -0.2) is 5.91 Å². The Balaban J connectivity index is 2.39. The first kappa shape index (κ1) is 15.2. The molecule has 0 aliphatic rings. The molecule has 0 spiro atoms. The summed E-state index contributed by atoms with van der Waals surface area (Å²) >= 11 is 3.38. The summed E-state index contributed by atoms with van der Waals surface area (Å²) in [6.45, 7) is 0. The number of rotatable bonds is 4. The van der Waals surface area contributed by atoms with E-state index < -0.39 is 11.9 Å². The van der Waals surface area contributed by atoms with Crippen molar-refractivity contribution in [3.8, 4) is 6.07 Å². The molecule has 0 bridgehead atoms. The number of hydrogen-bond donors (Lipinski definition) is 1. The molecule has 5 heteroatoms. The minimum absolute atomic E-state index is 0.236. The first-order valence-corrected chi connectivity index (χ1v) is 7.06. The molecule has 2 aromatic carbocycles. The molecule has 0 aliphatic carbocycles. The third kappa shape index (κ3) is 4.14. The fourth-order valence-electron chi connectivity index (χ4n) is 2.02. The summed E-state index contributed by atoms with van der Waals surface area (Å²) in [4.78, 5) is 11.7. The summed E-state index contributed by atoms with van der Waals surface area (Å²) in [5.41, 5.74) is 1.43. The van der Waals surface area contributed by atoms with Crippen molar-refractivity contribution in [2.24, 2.45) is 0 Å². The topological polar surface area (TPSA) is 52.9 Å². The maximum absolute atomic E-state index is 13.4. The third-order valence-corrected chi connectivity index (χ3v) is 3.40. The minimum atomic E-state index is -0.501. The Hall–Kier alpha value is -2.19. The zero-order valence-corrected chi connectivity index (χ0v) is 12.6. The molecule has 1 amide bonds. The van der Waals surface area contributed by atoms with E-state index in [4.69, 9.17) is 5.26 Å². The van der Waals surface area contributed by atoms with Crippen molar-refractivity contribution in [1.29, 1.82) is 5.26 Å². The first-order valence-electron chi connectivity index (χ1n) is 6.27. The summed E-state index contributed by atoms with van der Waals surface area (Å²) in [5, 5.41) is 11.4. The normalized spacial score (nSPS) is 11.5. The molecule has 106 valence electrons. The number of nitrogens with zero attached hydrogens (tertiary/aromatic N) is 1. The van der Waals surface area contributed by atoms with Gasteiger partial charge in [-0.2, -0.15) is 5.26 Å². The molecule has 1 unspecified atom stereocenters. The van der Waals surface area contributed by atoms with E-state index in [0.29, 0.717) is 5.56 Å². The lowest BCUT2D eigenvalue weighted by Gasteiger charge is -2.19. The van der Waals surface area contributed by atoms with Crippen LogP contribution in [0.3, 0.4) is 0 Å². The summed E-state index contributed by atoms with van der Waals surface area (Å²) in [6.07, 6.45) is -0.236. The number of nitriles is 1. The van der Waals surface area contributed by atoms with Gasteiger partial charge in [0, 0.05) is 4.47 Å². The van der Waals surface area contributed by atoms with Crippen LogP contribution in [0.4, 0.5) is 4.39 Å². The van der Waals surface area contributed by atoms with Gasteiger partial charge in [0.15, 0.2) is 0 Å². The predicted octanol–water partition coefficient (Wildman–Crippen LogP) is 3.71. The van der Waals surface area contributed by atoms with Gasteiger partial charge in [0.25, 0.3) is 0 Å². The van der Waals surface area contributed by atoms with Crippen LogP contribution < -0.4 is 5.32 Å². The van der Waals surface area contributed by atoms with E-state index in [1.54, 1.807) is 18.2 Å². The fourth-order valence-corrected chi connectivity index (χ4v) is 2.43. The van der Waals surface area contributed by atoms with Crippen molar-refractivity contribution >= 4 is 21.8 Å². The average Bonchev–Trinajstić information content (AvgIpc) is 2.45. The molecule has 21 heavy (non-hydrogen) atoms. The molecule has 0 fully saturated rings. The summed E-state index contributed by atoms with van der Waals surface area (Å²) < 4.78 is 14.3. The second kappa shape index (κ2) is 7.00. The number of carbonyl (C=O) groups excluding carboxylic acids is 1. The number of amides is 1. The van der Waals surface area contributed by atoms with Crippen molar-refractivity contribution in [2.45, 2.75) is 12.5 Å². The van der Waals surface area contributed by atoms with Crippen LogP contribution in [0, 0.1) is 17.1 Å². The van der Waals surface area contributed by atoms with Crippen molar-refractivity contribution in [2.75, 3.05) is 0 Å². The van der Waals surface area contributed by atoms with Crippen LogP contribution in [0.5, 0.6) is 0 Å². The largest absolute Gasteiger partial charge is 0.344 e. The molecule has 0 heterocycles. The number of benzene rings is 2. The van der Waals surface area contributed by atoms with Crippen molar-refractivity contribution in [3.05, 3.63) is 69.9 Å². The molecule has 0 radical (unpaired) electrons. The highest BCUT2D eigenvalue weighted by molar-refractivity contribution is 9.10. The maximum Gasteiger partial charge on any atom is 0.234 e. The molecule has 2 rings (SSSR count).